The Bertz CT molecular complexity index is 706. The summed E-state index contributed by atoms with van der Waals surface area (Å²) >= 11 is 0. The van der Waals surface area contributed by atoms with Gasteiger partial charge in [-0.05, 0) is 11.6 Å². The summed E-state index contributed by atoms with van der Waals surface area (Å²) in [6.07, 6.45) is 3.07. The molecule has 0 radical (unpaired) electrons. The maximum atomic E-state index is 12.1. The third kappa shape index (κ3) is 2.44. The average Bonchev–Trinajstić information content (AvgIpc) is 3.03. The Kier molecular flexibility index (Phi) is 3.29. The van der Waals surface area contributed by atoms with Gasteiger partial charge in [-0.2, -0.15) is 5.10 Å². The molecular formula is C16H13N3O. The zero-order valence-corrected chi connectivity index (χ0v) is 10.7. The lowest BCUT2D eigenvalue weighted by molar-refractivity contribution is 0.102. The highest BCUT2D eigenvalue weighted by Gasteiger charge is 2.10. The molecule has 1 amide bonds. The van der Waals surface area contributed by atoms with E-state index < -0.39 is 0 Å². The molecular weight excluding hydrogens is 250 g/mol. The number of nitrogens with zero attached hydrogens (tertiary/aromatic N) is 1. The Morgan fingerprint density at radius 2 is 1.75 bits per heavy atom. The minimum Gasteiger partial charge on any atom is -0.321 e. The second-order valence-corrected chi connectivity index (χ2v) is 4.35. The summed E-state index contributed by atoms with van der Waals surface area (Å²) in [7, 11) is 0. The fourth-order valence-electron chi connectivity index (χ4n) is 2.03. The Hall–Kier alpha value is -2.88. The summed E-state index contributed by atoms with van der Waals surface area (Å²) in [5.74, 6) is -0.179. The topological polar surface area (TPSA) is 57.8 Å². The van der Waals surface area contributed by atoms with E-state index in [1.54, 1.807) is 6.20 Å². The van der Waals surface area contributed by atoms with E-state index in [9.17, 15) is 4.79 Å². The van der Waals surface area contributed by atoms with Crippen LogP contribution in [0.1, 0.15) is 10.4 Å². The molecule has 98 valence electrons. The largest absolute Gasteiger partial charge is 0.321 e. The quantitative estimate of drug-likeness (QED) is 0.761. The predicted molar refractivity (Wildman–Crippen MR) is 78.4 cm³/mol. The Balaban J connectivity index is 1.93. The smallest absolute Gasteiger partial charge is 0.258 e. The Labute approximate surface area is 116 Å². The molecule has 0 saturated heterocycles. The van der Waals surface area contributed by atoms with Gasteiger partial charge in [-0.3, -0.25) is 9.89 Å². The van der Waals surface area contributed by atoms with Crippen LogP contribution in [0.4, 0.5) is 5.69 Å². The lowest BCUT2D eigenvalue weighted by Gasteiger charge is -2.10. The van der Waals surface area contributed by atoms with Gasteiger partial charge in [-0.1, -0.05) is 48.5 Å². The standard InChI is InChI=1S/C16H13N3O/c20-16(13-10-17-18-11-13)19-15-9-5-4-8-14(15)12-6-2-1-3-7-12/h1-11H,(H,17,18)(H,19,20). The van der Waals surface area contributed by atoms with Gasteiger partial charge in [-0.25, -0.2) is 0 Å². The van der Waals surface area contributed by atoms with Gasteiger partial charge in [0.25, 0.3) is 5.91 Å². The minimum atomic E-state index is -0.179. The summed E-state index contributed by atoms with van der Waals surface area (Å²) in [5.41, 5.74) is 3.35. The minimum absolute atomic E-state index is 0.179. The van der Waals surface area contributed by atoms with Crippen LogP contribution in [-0.4, -0.2) is 16.1 Å². The fraction of sp³-hybridized carbons (Fsp3) is 0. The van der Waals surface area contributed by atoms with Crippen LogP contribution in [0.15, 0.2) is 67.0 Å². The third-order valence-corrected chi connectivity index (χ3v) is 3.02. The zero-order chi connectivity index (χ0) is 13.8. The fourth-order valence-corrected chi connectivity index (χ4v) is 2.03. The summed E-state index contributed by atoms with van der Waals surface area (Å²) in [4.78, 5) is 12.1. The van der Waals surface area contributed by atoms with Gasteiger partial charge in [0.05, 0.1) is 11.8 Å². The first-order valence-electron chi connectivity index (χ1n) is 6.29. The average molecular weight is 263 g/mol. The maximum absolute atomic E-state index is 12.1. The highest BCUT2D eigenvalue weighted by atomic mass is 16.1. The second kappa shape index (κ2) is 5.40. The van der Waals surface area contributed by atoms with Crippen molar-refractivity contribution in [3.63, 3.8) is 0 Å². The van der Waals surface area contributed by atoms with E-state index >= 15 is 0 Å². The molecule has 3 aromatic rings. The number of hydrogen-bond donors (Lipinski definition) is 2. The van der Waals surface area contributed by atoms with E-state index in [-0.39, 0.29) is 5.91 Å². The number of hydrogen-bond acceptors (Lipinski definition) is 2. The van der Waals surface area contributed by atoms with Gasteiger partial charge in [-0.15, -0.1) is 0 Å². The number of amides is 1. The van der Waals surface area contributed by atoms with Gasteiger partial charge in [0, 0.05) is 17.4 Å². The van der Waals surface area contributed by atoms with Crippen molar-refractivity contribution in [2.75, 3.05) is 5.32 Å². The van der Waals surface area contributed by atoms with Crippen LogP contribution in [0.5, 0.6) is 0 Å². The van der Waals surface area contributed by atoms with Crippen LogP contribution >= 0.6 is 0 Å². The first kappa shape index (κ1) is 12.2. The Morgan fingerprint density at radius 1 is 1.00 bits per heavy atom. The molecule has 0 aliphatic heterocycles. The van der Waals surface area contributed by atoms with Gasteiger partial charge in [0.15, 0.2) is 0 Å². The summed E-state index contributed by atoms with van der Waals surface area (Å²) < 4.78 is 0. The molecule has 2 N–H and O–H groups in total. The molecule has 1 heterocycles. The normalized spacial score (nSPS) is 10.2. The monoisotopic (exact) mass is 263 g/mol. The van der Waals surface area contributed by atoms with Crippen molar-refractivity contribution in [3.8, 4) is 11.1 Å². The van der Waals surface area contributed by atoms with Gasteiger partial charge < -0.3 is 5.32 Å². The van der Waals surface area contributed by atoms with E-state index in [2.05, 4.69) is 15.5 Å². The Morgan fingerprint density at radius 3 is 2.50 bits per heavy atom. The van der Waals surface area contributed by atoms with Gasteiger partial charge in [0.1, 0.15) is 0 Å². The number of rotatable bonds is 3. The molecule has 3 rings (SSSR count). The SMILES string of the molecule is O=C(Nc1ccccc1-c1ccccc1)c1cn[nH]c1. The van der Waals surface area contributed by atoms with E-state index in [1.165, 1.54) is 6.20 Å². The number of benzene rings is 2. The van der Waals surface area contributed by atoms with Crippen LogP contribution in [0, 0.1) is 0 Å². The van der Waals surface area contributed by atoms with Crippen molar-refractivity contribution in [2.45, 2.75) is 0 Å². The molecule has 2 aromatic carbocycles. The maximum Gasteiger partial charge on any atom is 0.258 e. The lowest BCUT2D eigenvalue weighted by atomic mass is 10.0. The van der Waals surface area contributed by atoms with Crippen LogP contribution in [0.25, 0.3) is 11.1 Å². The highest BCUT2D eigenvalue weighted by molar-refractivity contribution is 6.05. The van der Waals surface area contributed by atoms with Gasteiger partial charge in [0.2, 0.25) is 0 Å². The van der Waals surface area contributed by atoms with E-state index in [4.69, 9.17) is 0 Å². The molecule has 0 aliphatic rings. The number of nitrogens with one attached hydrogen (secondary N) is 2. The third-order valence-electron chi connectivity index (χ3n) is 3.02. The number of anilines is 1. The predicted octanol–water partition coefficient (Wildman–Crippen LogP) is 3.33. The summed E-state index contributed by atoms with van der Waals surface area (Å²) in [6, 6.07) is 17.7. The van der Waals surface area contributed by atoms with Crippen LogP contribution in [0.2, 0.25) is 0 Å². The van der Waals surface area contributed by atoms with Crippen molar-refractivity contribution in [3.05, 3.63) is 72.6 Å². The summed E-state index contributed by atoms with van der Waals surface area (Å²) in [6.45, 7) is 0. The first-order chi connectivity index (χ1) is 9.84. The number of H-pyrrole nitrogens is 1. The van der Waals surface area contributed by atoms with Crippen molar-refractivity contribution < 1.29 is 4.79 Å². The first-order valence-corrected chi connectivity index (χ1v) is 6.29. The second-order valence-electron chi connectivity index (χ2n) is 4.35. The molecule has 0 unspecified atom stereocenters. The number of aromatic nitrogens is 2. The summed E-state index contributed by atoms with van der Waals surface area (Å²) in [5, 5.41) is 9.32. The number of para-hydroxylation sites is 1. The molecule has 1 aromatic heterocycles. The zero-order valence-electron chi connectivity index (χ0n) is 10.7. The van der Waals surface area contributed by atoms with Gasteiger partial charge >= 0.3 is 0 Å². The molecule has 0 saturated carbocycles. The van der Waals surface area contributed by atoms with Crippen molar-refractivity contribution in [1.29, 1.82) is 0 Å². The highest BCUT2D eigenvalue weighted by Crippen LogP contribution is 2.27. The molecule has 0 atom stereocenters. The van der Waals surface area contributed by atoms with Crippen LogP contribution in [0.3, 0.4) is 0 Å². The molecule has 4 heteroatoms. The van der Waals surface area contributed by atoms with Crippen molar-refractivity contribution in [2.24, 2.45) is 0 Å². The van der Waals surface area contributed by atoms with Crippen molar-refractivity contribution >= 4 is 11.6 Å². The van der Waals surface area contributed by atoms with Crippen LogP contribution in [-0.2, 0) is 0 Å². The van der Waals surface area contributed by atoms with E-state index in [1.807, 2.05) is 54.6 Å². The number of carbonyl (C=O) groups is 1. The van der Waals surface area contributed by atoms with E-state index in [0.29, 0.717) is 5.56 Å². The lowest BCUT2D eigenvalue weighted by Crippen LogP contribution is -2.11. The molecule has 0 spiro atoms. The molecule has 0 fully saturated rings. The number of carbonyl (C=O) groups excluding carboxylic acids is 1. The molecule has 0 aliphatic carbocycles. The van der Waals surface area contributed by atoms with E-state index in [0.717, 1.165) is 16.8 Å². The van der Waals surface area contributed by atoms with Crippen molar-refractivity contribution in [1.82, 2.24) is 10.2 Å². The van der Waals surface area contributed by atoms with Crippen LogP contribution < -0.4 is 5.32 Å². The number of aromatic amines is 1. The molecule has 20 heavy (non-hydrogen) atoms. The molecule has 4 nitrogen and oxygen atoms in total. The molecule has 0 bridgehead atoms.